The largest absolute Gasteiger partial charge is 0.496 e. The standard InChI is InChI=1S/C21H36N4O2.HI/c1-5-22-21(24-16-19-7-6-12-25(19)13-14-26-3)23-11-10-18-15-17(2)8-9-20(18)27-4;/h8-9,15,19H,5-7,10-14,16H2,1-4H3,(H2,22,23,24);1H. The van der Waals surface area contributed by atoms with Crippen molar-refractivity contribution in [1.29, 1.82) is 0 Å². The monoisotopic (exact) mass is 504 g/mol. The smallest absolute Gasteiger partial charge is 0.191 e. The molecule has 0 aliphatic carbocycles. The highest BCUT2D eigenvalue weighted by Gasteiger charge is 2.23. The summed E-state index contributed by atoms with van der Waals surface area (Å²) in [6.45, 7) is 9.65. The van der Waals surface area contributed by atoms with Crippen LogP contribution in [0.4, 0.5) is 0 Å². The van der Waals surface area contributed by atoms with Gasteiger partial charge in [-0.15, -0.1) is 24.0 Å². The highest BCUT2D eigenvalue weighted by atomic mass is 127. The van der Waals surface area contributed by atoms with Gasteiger partial charge in [-0.05, 0) is 51.3 Å². The Morgan fingerprint density at radius 3 is 2.82 bits per heavy atom. The van der Waals surface area contributed by atoms with Gasteiger partial charge in [0.1, 0.15) is 5.75 Å². The number of likely N-dealkylation sites (tertiary alicyclic amines) is 1. The fourth-order valence-corrected chi connectivity index (χ4v) is 3.56. The van der Waals surface area contributed by atoms with Crippen molar-refractivity contribution in [3.63, 3.8) is 0 Å². The molecule has 1 heterocycles. The zero-order chi connectivity index (χ0) is 19.5. The first kappa shape index (κ1) is 25.0. The zero-order valence-electron chi connectivity index (χ0n) is 17.8. The lowest BCUT2D eigenvalue weighted by Crippen LogP contribution is -2.40. The van der Waals surface area contributed by atoms with Crippen LogP contribution in [0.25, 0.3) is 0 Å². The number of halogens is 1. The SMILES string of the molecule is CCNC(=NCC1CCCN1CCOC)NCCc1cc(C)ccc1OC.I. The topological polar surface area (TPSA) is 58.1 Å². The van der Waals surface area contributed by atoms with Crippen molar-refractivity contribution in [2.24, 2.45) is 4.99 Å². The molecule has 0 radical (unpaired) electrons. The van der Waals surface area contributed by atoms with E-state index in [0.29, 0.717) is 6.04 Å². The number of benzene rings is 1. The zero-order valence-corrected chi connectivity index (χ0v) is 20.1. The van der Waals surface area contributed by atoms with Crippen LogP contribution in [0.3, 0.4) is 0 Å². The van der Waals surface area contributed by atoms with Gasteiger partial charge in [0.05, 0.1) is 20.3 Å². The van der Waals surface area contributed by atoms with E-state index in [0.717, 1.165) is 57.5 Å². The Morgan fingerprint density at radius 1 is 1.29 bits per heavy atom. The molecular weight excluding hydrogens is 467 g/mol. The summed E-state index contributed by atoms with van der Waals surface area (Å²) in [6.07, 6.45) is 3.37. The number of hydrogen-bond acceptors (Lipinski definition) is 4. The molecule has 2 rings (SSSR count). The van der Waals surface area contributed by atoms with E-state index in [9.17, 15) is 0 Å². The van der Waals surface area contributed by atoms with Crippen LogP contribution in [0.2, 0.25) is 0 Å². The predicted octanol–water partition coefficient (Wildman–Crippen LogP) is 2.83. The van der Waals surface area contributed by atoms with Gasteiger partial charge in [0, 0.05) is 32.8 Å². The second-order valence-corrected chi connectivity index (χ2v) is 7.04. The van der Waals surface area contributed by atoms with Crippen LogP contribution in [0.5, 0.6) is 5.75 Å². The molecule has 0 spiro atoms. The minimum absolute atomic E-state index is 0. The van der Waals surface area contributed by atoms with E-state index < -0.39 is 0 Å². The molecule has 1 aliphatic heterocycles. The van der Waals surface area contributed by atoms with Crippen LogP contribution in [0.15, 0.2) is 23.2 Å². The summed E-state index contributed by atoms with van der Waals surface area (Å²) in [5.74, 6) is 1.84. The molecule has 1 fully saturated rings. The maximum absolute atomic E-state index is 5.47. The van der Waals surface area contributed by atoms with Crippen molar-refractivity contribution in [2.45, 2.75) is 39.2 Å². The fraction of sp³-hybridized carbons (Fsp3) is 0.667. The molecule has 7 heteroatoms. The summed E-state index contributed by atoms with van der Waals surface area (Å²) in [4.78, 5) is 7.32. The Balaban J connectivity index is 0.00000392. The molecule has 1 aliphatic rings. The molecule has 1 atom stereocenters. The van der Waals surface area contributed by atoms with Crippen LogP contribution in [0.1, 0.15) is 30.9 Å². The third kappa shape index (κ3) is 8.13. The second-order valence-electron chi connectivity index (χ2n) is 7.04. The molecule has 1 saturated heterocycles. The first-order valence-corrected chi connectivity index (χ1v) is 10.1. The summed E-state index contributed by atoms with van der Waals surface area (Å²) in [5.41, 5.74) is 2.48. The summed E-state index contributed by atoms with van der Waals surface area (Å²) in [5, 5.41) is 6.82. The molecule has 0 saturated carbocycles. The second kappa shape index (κ2) is 14.0. The minimum Gasteiger partial charge on any atom is -0.496 e. The number of ether oxygens (including phenoxy) is 2. The van der Waals surface area contributed by atoms with Crippen LogP contribution in [-0.4, -0.2) is 70.5 Å². The highest BCUT2D eigenvalue weighted by molar-refractivity contribution is 14.0. The molecule has 2 N–H and O–H groups in total. The number of guanidine groups is 1. The fourth-order valence-electron chi connectivity index (χ4n) is 3.56. The Morgan fingerprint density at radius 2 is 2.11 bits per heavy atom. The van der Waals surface area contributed by atoms with E-state index in [2.05, 4.69) is 41.5 Å². The van der Waals surface area contributed by atoms with Gasteiger partial charge in [0.2, 0.25) is 0 Å². The van der Waals surface area contributed by atoms with Gasteiger partial charge < -0.3 is 20.1 Å². The van der Waals surface area contributed by atoms with E-state index in [1.807, 2.05) is 6.07 Å². The highest BCUT2D eigenvalue weighted by Crippen LogP contribution is 2.20. The van der Waals surface area contributed by atoms with Gasteiger partial charge in [-0.1, -0.05) is 17.7 Å². The van der Waals surface area contributed by atoms with Crippen LogP contribution in [-0.2, 0) is 11.2 Å². The van der Waals surface area contributed by atoms with Gasteiger partial charge in [-0.2, -0.15) is 0 Å². The van der Waals surface area contributed by atoms with E-state index in [1.54, 1.807) is 14.2 Å². The van der Waals surface area contributed by atoms with E-state index in [1.165, 1.54) is 24.0 Å². The van der Waals surface area contributed by atoms with Crippen molar-refractivity contribution in [1.82, 2.24) is 15.5 Å². The minimum atomic E-state index is 0. The molecule has 0 aromatic heterocycles. The van der Waals surface area contributed by atoms with Crippen LogP contribution >= 0.6 is 24.0 Å². The predicted molar refractivity (Wildman–Crippen MR) is 127 cm³/mol. The van der Waals surface area contributed by atoms with Gasteiger partial charge in [0.15, 0.2) is 5.96 Å². The van der Waals surface area contributed by atoms with E-state index >= 15 is 0 Å². The normalized spacial score (nSPS) is 17.3. The number of hydrogen-bond donors (Lipinski definition) is 2. The number of nitrogens with zero attached hydrogens (tertiary/aromatic N) is 2. The molecule has 160 valence electrons. The molecule has 6 nitrogen and oxygen atoms in total. The van der Waals surface area contributed by atoms with Crippen molar-refractivity contribution < 1.29 is 9.47 Å². The van der Waals surface area contributed by atoms with E-state index in [4.69, 9.17) is 14.5 Å². The summed E-state index contributed by atoms with van der Waals surface area (Å²) in [7, 11) is 3.49. The lowest BCUT2D eigenvalue weighted by Gasteiger charge is -2.23. The summed E-state index contributed by atoms with van der Waals surface area (Å²) < 4.78 is 10.7. The van der Waals surface area contributed by atoms with Crippen LogP contribution in [0, 0.1) is 6.92 Å². The molecule has 1 aromatic rings. The number of methoxy groups -OCH3 is 2. The molecule has 0 bridgehead atoms. The number of nitrogens with one attached hydrogen (secondary N) is 2. The van der Waals surface area contributed by atoms with Crippen molar-refractivity contribution >= 4 is 29.9 Å². The van der Waals surface area contributed by atoms with Crippen LogP contribution < -0.4 is 15.4 Å². The average Bonchev–Trinajstić information content (AvgIpc) is 3.12. The van der Waals surface area contributed by atoms with E-state index in [-0.39, 0.29) is 24.0 Å². The third-order valence-electron chi connectivity index (χ3n) is 5.01. The number of aryl methyl sites for hydroxylation is 1. The Labute approximate surface area is 187 Å². The van der Waals surface area contributed by atoms with Crippen molar-refractivity contribution in [3.8, 4) is 5.75 Å². The average molecular weight is 504 g/mol. The maximum atomic E-state index is 5.47. The van der Waals surface area contributed by atoms with Crippen molar-refractivity contribution in [3.05, 3.63) is 29.3 Å². The first-order valence-electron chi connectivity index (χ1n) is 10.1. The Hall–Kier alpha value is -1.06. The third-order valence-corrected chi connectivity index (χ3v) is 5.01. The lowest BCUT2D eigenvalue weighted by molar-refractivity contribution is 0.142. The molecule has 0 amide bonds. The number of rotatable bonds is 10. The first-order chi connectivity index (χ1) is 13.2. The lowest BCUT2D eigenvalue weighted by atomic mass is 10.1. The Bertz CT molecular complexity index is 598. The van der Waals surface area contributed by atoms with Crippen molar-refractivity contribution in [2.75, 3.05) is 53.6 Å². The van der Waals surface area contributed by atoms with Gasteiger partial charge in [0.25, 0.3) is 0 Å². The van der Waals surface area contributed by atoms with Gasteiger partial charge in [-0.25, -0.2) is 0 Å². The van der Waals surface area contributed by atoms with Gasteiger partial charge in [-0.3, -0.25) is 9.89 Å². The molecule has 1 aromatic carbocycles. The number of aliphatic imine (C=N–C) groups is 1. The summed E-state index contributed by atoms with van der Waals surface area (Å²) >= 11 is 0. The Kier molecular flexibility index (Phi) is 12.5. The quantitative estimate of drug-likeness (QED) is 0.292. The molecule has 1 unspecified atom stereocenters. The van der Waals surface area contributed by atoms with Gasteiger partial charge >= 0.3 is 0 Å². The summed E-state index contributed by atoms with van der Waals surface area (Å²) in [6, 6.07) is 6.83. The molecular formula is C21H37IN4O2. The molecule has 28 heavy (non-hydrogen) atoms. The maximum Gasteiger partial charge on any atom is 0.191 e.